The van der Waals surface area contributed by atoms with Crippen molar-refractivity contribution in [3.63, 3.8) is 0 Å². The number of aromatic hydroxyl groups is 2. The summed E-state index contributed by atoms with van der Waals surface area (Å²) in [5.74, 6) is 0.532. The van der Waals surface area contributed by atoms with Gasteiger partial charge in [0.2, 0.25) is 0 Å². The molecule has 0 aliphatic rings. The van der Waals surface area contributed by atoms with Crippen LogP contribution < -0.4 is 5.43 Å². The predicted octanol–water partition coefficient (Wildman–Crippen LogP) is 3.78. The van der Waals surface area contributed by atoms with Crippen LogP contribution in [0.2, 0.25) is 0 Å². The second-order valence-corrected chi connectivity index (χ2v) is 5.86. The standard InChI is InChI=1S/C16H11IO4/c1-8-15(20)14-12(19)3-2-4-13(14)21-16(8)9-5-6-11(18)10(17)7-9/h2-7,18-19H,1H3. The van der Waals surface area contributed by atoms with Gasteiger partial charge in [0.05, 0.1) is 3.57 Å². The highest BCUT2D eigenvalue weighted by molar-refractivity contribution is 14.1. The van der Waals surface area contributed by atoms with Crippen molar-refractivity contribution in [1.29, 1.82) is 0 Å². The lowest BCUT2D eigenvalue weighted by Gasteiger charge is -2.08. The van der Waals surface area contributed by atoms with E-state index in [1.54, 1.807) is 37.3 Å². The van der Waals surface area contributed by atoms with E-state index in [0.29, 0.717) is 26.0 Å². The Labute approximate surface area is 133 Å². The van der Waals surface area contributed by atoms with Crippen LogP contribution in [0.3, 0.4) is 0 Å². The van der Waals surface area contributed by atoms with Crippen LogP contribution in [-0.4, -0.2) is 10.2 Å². The Morgan fingerprint density at radius 1 is 1.10 bits per heavy atom. The van der Waals surface area contributed by atoms with E-state index < -0.39 is 0 Å². The fourth-order valence-corrected chi connectivity index (χ4v) is 2.75. The summed E-state index contributed by atoms with van der Waals surface area (Å²) in [4.78, 5) is 12.4. The highest BCUT2D eigenvalue weighted by Crippen LogP contribution is 2.31. The van der Waals surface area contributed by atoms with Crippen LogP contribution in [0.1, 0.15) is 5.56 Å². The summed E-state index contributed by atoms with van der Waals surface area (Å²) in [7, 11) is 0. The van der Waals surface area contributed by atoms with Crippen molar-refractivity contribution < 1.29 is 14.6 Å². The van der Waals surface area contributed by atoms with Crippen molar-refractivity contribution in [2.24, 2.45) is 0 Å². The Kier molecular flexibility index (Phi) is 3.36. The zero-order valence-corrected chi connectivity index (χ0v) is 13.2. The van der Waals surface area contributed by atoms with E-state index in [2.05, 4.69) is 0 Å². The number of rotatable bonds is 1. The van der Waals surface area contributed by atoms with Crippen molar-refractivity contribution in [3.8, 4) is 22.8 Å². The molecule has 3 rings (SSSR count). The van der Waals surface area contributed by atoms with Gasteiger partial charge < -0.3 is 14.6 Å². The molecule has 1 heterocycles. The van der Waals surface area contributed by atoms with Crippen molar-refractivity contribution in [2.45, 2.75) is 6.92 Å². The average molecular weight is 394 g/mol. The lowest BCUT2D eigenvalue weighted by Crippen LogP contribution is -2.07. The molecule has 106 valence electrons. The van der Waals surface area contributed by atoms with Crippen LogP contribution in [0.4, 0.5) is 0 Å². The van der Waals surface area contributed by atoms with E-state index in [1.807, 2.05) is 22.6 Å². The number of benzene rings is 2. The van der Waals surface area contributed by atoms with E-state index in [0.717, 1.165) is 0 Å². The molecule has 0 spiro atoms. The van der Waals surface area contributed by atoms with E-state index in [-0.39, 0.29) is 22.3 Å². The van der Waals surface area contributed by atoms with Gasteiger partial charge in [-0.15, -0.1) is 0 Å². The maximum absolute atomic E-state index is 12.4. The van der Waals surface area contributed by atoms with Crippen molar-refractivity contribution in [1.82, 2.24) is 0 Å². The zero-order valence-electron chi connectivity index (χ0n) is 11.1. The first-order valence-electron chi connectivity index (χ1n) is 6.23. The molecule has 0 unspecified atom stereocenters. The molecule has 3 aromatic rings. The number of hydrogen-bond donors (Lipinski definition) is 2. The predicted molar refractivity (Wildman–Crippen MR) is 88.7 cm³/mol. The molecule has 1 aromatic heterocycles. The SMILES string of the molecule is Cc1c(-c2ccc(O)c(I)c2)oc2cccc(O)c2c1=O. The molecule has 0 atom stereocenters. The summed E-state index contributed by atoms with van der Waals surface area (Å²) in [6, 6.07) is 9.73. The molecule has 0 saturated carbocycles. The molecule has 2 N–H and O–H groups in total. The first kappa shape index (κ1) is 13.9. The summed E-state index contributed by atoms with van der Waals surface area (Å²) in [6.45, 7) is 1.66. The molecule has 0 amide bonds. The average Bonchev–Trinajstić information content (AvgIpc) is 2.46. The maximum atomic E-state index is 12.4. The number of fused-ring (bicyclic) bond motifs is 1. The monoisotopic (exact) mass is 394 g/mol. The van der Waals surface area contributed by atoms with E-state index in [9.17, 15) is 15.0 Å². The zero-order chi connectivity index (χ0) is 15.1. The van der Waals surface area contributed by atoms with E-state index >= 15 is 0 Å². The van der Waals surface area contributed by atoms with Gasteiger partial charge in [0.25, 0.3) is 0 Å². The summed E-state index contributed by atoms with van der Waals surface area (Å²) < 4.78 is 6.46. The van der Waals surface area contributed by atoms with Crippen molar-refractivity contribution >= 4 is 33.6 Å². The normalized spacial score (nSPS) is 11.0. The molecule has 0 aliphatic carbocycles. The molecule has 21 heavy (non-hydrogen) atoms. The molecular weight excluding hydrogens is 383 g/mol. The van der Waals surface area contributed by atoms with Crippen LogP contribution in [-0.2, 0) is 0 Å². The van der Waals surface area contributed by atoms with Gasteiger partial charge in [-0.05, 0) is 59.8 Å². The van der Waals surface area contributed by atoms with Gasteiger partial charge in [-0.3, -0.25) is 4.79 Å². The summed E-state index contributed by atoms with van der Waals surface area (Å²) in [5.41, 5.74) is 1.21. The Morgan fingerprint density at radius 3 is 2.57 bits per heavy atom. The smallest absolute Gasteiger partial charge is 0.199 e. The number of phenolic OH excluding ortho intramolecular Hbond substituents is 2. The molecule has 4 nitrogen and oxygen atoms in total. The molecule has 0 radical (unpaired) electrons. The van der Waals surface area contributed by atoms with Crippen LogP contribution in [0, 0.1) is 10.5 Å². The minimum Gasteiger partial charge on any atom is -0.507 e. The van der Waals surface area contributed by atoms with Gasteiger partial charge in [-0.1, -0.05) is 6.07 Å². The summed E-state index contributed by atoms with van der Waals surface area (Å²) >= 11 is 2.01. The summed E-state index contributed by atoms with van der Waals surface area (Å²) in [6.07, 6.45) is 0. The lowest BCUT2D eigenvalue weighted by molar-refractivity contribution is 0.471. The first-order chi connectivity index (χ1) is 9.99. The minimum atomic E-state index is -0.257. The van der Waals surface area contributed by atoms with Gasteiger partial charge in [-0.2, -0.15) is 0 Å². The van der Waals surface area contributed by atoms with Crippen molar-refractivity contribution in [2.75, 3.05) is 0 Å². The minimum absolute atomic E-state index is 0.0869. The number of phenols is 2. The van der Waals surface area contributed by atoms with E-state index in [4.69, 9.17) is 4.42 Å². The highest BCUT2D eigenvalue weighted by Gasteiger charge is 2.15. The van der Waals surface area contributed by atoms with Crippen LogP contribution in [0.5, 0.6) is 11.5 Å². The third kappa shape index (κ3) is 2.27. The van der Waals surface area contributed by atoms with Crippen molar-refractivity contribution in [3.05, 3.63) is 55.8 Å². The fraction of sp³-hybridized carbons (Fsp3) is 0.0625. The van der Waals surface area contributed by atoms with Crippen LogP contribution >= 0.6 is 22.6 Å². The molecule has 0 saturated heterocycles. The Bertz CT molecular complexity index is 912. The van der Waals surface area contributed by atoms with Gasteiger partial charge in [0.15, 0.2) is 5.43 Å². The van der Waals surface area contributed by atoms with Gasteiger partial charge in [0, 0.05) is 11.1 Å². The first-order valence-corrected chi connectivity index (χ1v) is 7.31. The Morgan fingerprint density at radius 2 is 1.86 bits per heavy atom. The highest BCUT2D eigenvalue weighted by atomic mass is 127. The second kappa shape index (κ2) is 5.07. The maximum Gasteiger partial charge on any atom is 0.199 e. The molecule has 2 aromatic carbocycles. The number of hydrogen-bond acceptors (Lipinski definition) is 4. The van der Waals surface area contributed by atoms with Gasteiger partial charge >= 0.3 is 0 Å². The topological polar surface area (TPSA) is 70.7 Å². The summed E-state index contributed by atoms with van der Waals surface area (Å²) in [5, 5.41) is 19.6. The van der Waals surface area contributed by atoms with Crippen LogP contribution in [0.15, 0.2) is 45.6 Å². The largest absolute Gasteiger partial charge is 0.507 e. The third-order valence-electron chi connectivity index (χ3n) is 3.33. The van der Waals surface area contributed by atoms with Gasteiger partial charge in [0.1, 0.15) is 28.2 Å². The third-order valence-corrected chi connectivity index (χ3v) is 4.20. The Hall–Kier alpha value is -2.02. The molecule has 0 aliphatic heterocycles. The Balaban J connectivity index is 2.36. The quantitative estimate of drug-likeness (QED) is 0.617. The van der Waals surface area contributed by atoms with Crippen LogP contribution in [0.25, 0.3) is 22.3 Å². The van der Waals surface area contributed by atoms with Gasteiger partial charge in [-0.25, -0.2) is 0 Å². The fourth-order valence-electron chi connectivity index (χ4n) is 2.23. The number of halogens is 1. The molecule has 5 heteroatoms. The second-order valence-electron chi connectivity index (χ2n) is 4.70. The lowest BCUT2D eigenvalue weighted by atomic mass is 10.1. The molecular formula is C16H11IO4. The molecule has 0 bridgehead atoms. The molecule has 0 fully saturated rings. The van der Waals surface area contributed by atoms with E-state index in [1.165, 1.54) is 6.07 Å².